The largest absolute Gasteiger partial charge is 0.398 e. The maximum absolute atomic E-state index is 11.1. The van der Waals surface area contributed by atoms with Crippen LogP contribution < -0.4 is 11.5 Å². The van der Waals surface area contributed by atoms with Gasteiger partial charge in [0.05, 0.1) is 5.56 Å². The Morgan fingerprint density at radius 2 is 1.92 bits per heavy atom. The number of anilines is 2. The molecule has 0 spiro atoms. The van der Waals surface area contributed by atoms with Crippen LogP contribution in [0, 0.1) is 6.92 Å². The quantitative estimate of drug-likeness (QED) is 0.486. The van der Waals surface area contributed by atoms with Crippen molar-refractivity contribution in [2.24, 2.45) is 0 Å². The third-order valence-electron chi connectivity index (χ3n) is 1.85. The Bertz CT molecular complexity index is 332. The molecule has 0 saturated carbocycles. The normalized spacial score (nSPS) is 9.83. The molecule has 1 aromatic rings. The zero-order valence-corrected chi connectivity index (χ0v) is 7.22. The van der Waals surface area contributed by atoms with E-state index in [0.717, 1.165) is 5.56 Å². The number of rotatable bonds is 1. The number of hydrogen-bond acceptors (Lipinski definition) is 3. The fourth-order valence-electron chi connectivity index (χ4n) is 1.13. The Labute approximate surface area is 71.4 Å². The van der Waals surface area contributed by atoms with Crippen LogP contribution in [0.15, 0.2) is 12.1 Å². The van der Waals surface area contributed by atoms with E-state index in [4.69, 9.17) is 11.5 Å². The van der Waals surface area contributed by atoms with Crippen LogP contribution in [-0.2, 0) is 0 Å². The molecule has 0 aromatic heterocycles. The van der Waals surface area contributed by atoms with E-state index in [1.54, 1.807) is 12.1 Å². The standard InChI is InChI=1S/C9H12N2O/c1-5-3-4-7(10)8(6(2)12)9(5)11/h3-4H,10-11H2,1-2H3. The molecule has 64 valence electrons. The second kappa shape index (κ2) is 2.85. The summed E-state index contributed by atoms with van der Waals surface area (Å²) in [6.07, 6.45) is 0. The molecule has 3 nitrogen and oxygen atoms in total. The van der Waals surface area contributed by atoms with Crippen molar-refractivity contribution < 1.29 is 4.79 Å². The van der Waals surface area contributed by atoms with Gasteiger partial charge in [-0.1, -0.05) is 6.07 Å². The van der Waals surface area contributed by atoms with E-state index in [-0.39, 0.29) is 5.78 Å². The molecule has 3 heteroatoms. The van der Waals surface area contributed by atoms with E-state index in [1.165, 1.54) is 6.92 Å². The summed E-state index contributed by atoms with van der Waals surface area (Å²) in [7, 11) is 0. The predicted molar refractivity (Wildman–Crippen MR) is 50.0 cm³/mol. The zero-order valence-electron chi connectivity index (χ0n) is 7.22. The predicted octanol–water partition coefficient (Wildman–Crippen LogP) is 1.36. The van der Waals surface area contributed by atoms with Crippen molar-refractivity contribution in [3.05, 3.63) is 23.3 Å². The van der Waals surface area contributed by atoms with Gasteiger partial charge >= 0.3 is 0 Å². The highest BCUT2D eigenvalue weighted by molar-refractivity contribution is 6.04. The van der Waals surface area contributed by atoms with E-state index in [9.17, 15) is 4.79 Å². The minimum absolute atomic E-state index is 0.0892. The van der Waals surface area contributed by atoms with Gasteiger partial charge in [0.15, 0.2) is 5.78 Å². The van der Waals surface area contributed by atoms with E-state index < -0.39 is 0 Å². The summed E-state index contributed by atoms with van der Waals surface area (Å²) in [6, 6.07) is 3.50. The third-order valence-corrected chi connectivity index (χ3v) is 1.85. The molecule has 0 bridgehead atoms. The summed E-state index contributed by atoms with van der Waals surface area (Å²) in [4.78, 5) is 11.1. The number of Topliss-reactive ketones (excluding diaryl/α,β-unsaturated/α-hetero) is 1. The summed E-state index contributed by atoms with van der Waals surface area (Å²) in [5.74, 6) is -0.0892. The Morgan fingerprint density at radius 3 is 2.33 bits per heavy atom. The molecular weight excluding hydrogens is 152 g/mol. The van der Waals surface area contributed by atoms with Gasteiger partial charge in [-0.2, -0.15) is 0 Å². The van der Waals surface area contributed by atoms with Gasteiger partial charge in [0.2, 0.25) is 0 Å². The van der Waals surface area contributed by atoms with Gasteiger partial charge in [-0.25, -0.2) is 0 Å². The first kappa shape index (κ1) is 8.59. The van der Waals surface area contributed by atoms with Gasteiger partial charge in [0.25, 0.3) is 0 Å². The molecule has 0 fully saturated rings. The van der Waals surface area contributed by atoms with Crippen molar-refractivity contribution >= 4 is 17.2 Å². The highest BCUT2D eigenvalue weighted by Crippen LogP contribution is 2.23. The van der Waals surface area contributed by atoms with E-state index in [2.05, 4.69) is 0 Å². The lowest BCUT2D eigenvalue weighted by Crippen LogP contribution is -2.05. The Hall–Kier alpha value is -1.51. The van der Waals surface area contributed by atoms with Crippen LogP contribution in [0.1, 0.15) is 22.8 Å². The lowest BCUT2D eigenvalue weighted by molar-refractivity contribution is 0.101. The van der Waals surface area contributed by atoms with Crippen LogP contribution >= 0.6 is 0 Å². The van der Waals surface area contributed by atoms with Crippen LogP contribution in [-0.4, -0.2) is 5.78 Å². The van der Waals surface area contributed by atoms with E-state index >= 15 is 0 Å². The smallest absolute Gasteiger partial charge is 0.163 e. The van der Waals surface area contributed by atoms with Crippen molar-refractivity contribution in [2.75, 3.05) is 11.5 Å². The minimum atomic E-state index is -0.0892. The Morgan fingerprint density at radius 1 is 1.33 bits per heavy atom. The van der Waals surface area contributed by atoms with Gasteiger partial charge in [0.1, 0.15) is 0 Å². The van der Waals surface area contributed by atoms with Crippen molar-refractivity contribution in [2.45, 2.75) is 13.8 Å². The number of nitrogens with two attached hydrogens (primary N) is 2. The number of carbonyl (C=O) groups is 1. The number of hydrogen-bond donors (Lipinski definition) is 2. The molecule has 0 aliphatic heterocycles. The number of benzene rings is 1. The molecule has 0 amide bonds. The molecule has 0 saturated heterocycles. The van der Waals surface area contributed by atoms with Crippen LogP contribution in [0.2, 0.25) is 0 Å². The maximum Gasteiger partial charge on any atom is 0.163 e. The Kier molecular flexibility index (Phi) is 2.04. The van der Waals surface area contributed by atoms with Crippen LogP contribution in [0.25, 0.3) is 0 Å². The van der Waals surface area contributed by atoms with Crippen LogP contribution in [0.5, 0.6) is 0 Å². The first-order chi connectivity index (χ1) is 5.54. The first-order valence-electron chi connectivity index (χ1n) is 3.69. The number of nitrogen functional groups attached to an aromatic ring is 2. The van der Waals surface area contributed by atoms with Gasteiger partial charge < -0.3 is 11.5 Å². The molecule has 1 rings (SSSR count). The highest BCUT2D eigenvalue weighted by Gasteiger charge is 2.10. The zero-order chi connectivity index (χ0) is 9.30. The molecule has 0 heterocycles. The van der Waals surface area contributed by atoms with Crippen molar-refractivity contribution in [1.29, 1.82) is 0 Å². The lowest BCUT2D eigenvalue weighted by atomic mass is 10.0. The summed E-state index contributed by atoms with van der Waals surface area (Å²) in [5, 5.41) is 0. The number of ketones is 1. The summed E-state index contributed by atoms with van der Waals surface area (Å²) in [5.41, 5.74) is 13.5. The average molecular weight is 164 g/mol. The fourth-order valence-corrected chi connectivity index (χ4v) is 1.13. The monoisotopic (exact) mass is 164 g/mol. The third kappa shape index (κ3) is 1.25. The topological polar surface area (TPSA) is 69.1 Å². The summed E-state index contributed by atoms with van der Waals surface area (Å²) >= 11 is 0. The summed E-state index contributed by atoms with van der Waals surface area (Å²) in [6.45, 7) is 3.31. The minimum Gasteiger partial charge on any atom is -0.398 e. The van der Waals surface area contributed by atoms with Crippen molar-refractivity contribution in [3.8, 4) is 0 Å². The molecule has 0 aliphatic carbocycles. The number of aryl methyl sites for hydroxylation is 1. The first-order valence-corrected chi connectivity index (χ1v) is 3.69. The second-order valence-electron chi connectivity index (χ2n) is 2.82. The lowest BCUT2D eigenvalue weighted by Gasteiger charge is -2.07. The van der Waals surface area contributed by atoms with Gasteiger partial charge in [-0.05, 0) is 25.5 Å². The van der Waals surface area contributed by atoms with E-state index in [1.807, 2.05) is 6.92 Å². The molecule has 0 aliphatic rings. The molecule has 0 unspecified atom stereocenters. The molecule has 0 radical (unpaired) electrons. The maximum atomic E-state index is 11.1. The van der Waals surface area contributed by atoms with Crippen LogP contribution in [0.4, 0.5) is 11.4 Å². The van der Waals surface area contributed by atoms with Gasteiger partial charge in [-0.3, -0.25) is 4.79 Å². The summed E-state index contributed by atoms with van der Waals surface area (Å²) < 4.78 is 0. The van der Waals surface area contributed by atoms with Crippen molar-refractivity contribution in [3.63, 3.8) is 0 Å². The SMILES string of the molecule is CC(=O)c1c(N)ccc(C)c1N. The highest BCUT2D eigenvalue weighted by atomic mass is 16.1. The number of carbonyl (C=O) groups excluding carboxylic acids is 1. The second-order valence-corrected chi connectivity index (χ2v) is 2.82. The fraction of sp³-hybridized carbons (Fsp3) is 0.222. The Balaban J connectivity index is 3.43. The van der Waals surface area contributed by atoms with E-state index in [0.29, 0.717) is 16.9 Å². The molecule has 4 N–H and O–H groups in total. The average Bonchev–Trinajstić information content (AvgIpc) is 1.97. The molecule has 0 atom stereocenters. The molecule has 1 aromatic carbocycles. The van der Waals surface area contributed by atoms with Crippen LogP contribution in [0.3, 0.4) is 0 Å². The van der Waals surface area contributed by atoms with Gasteiger partial charge in [0, 0.05) is 11.4 Å². The van der Waals surface area contributed by atoms with Crippen molar-refractivity contribution in [1.82, 2.24) is 0 Å². The molecule has 12 heavy (non-hydrogen) atoms. The van der Waals surface area contributed by atoms with Gasteiger partial charge in [-0.15, -0.1) is 0 Å². The molecular formula is C9H12N2O.